The number of rotatable bonds is 7. The fraction of sp³-hybridized carbons (Fsp3) is 0.412. The van der Waals surface area contributed by atoms with E-state index in [1.807, 2.05) is 18.5 Å². The van der Waals surface area contributed by atoms with Gasteiger partial charge < -0.3 is 10.2 Å². The molecule has 1 heterocycles. The van der Waals surface area contributed by atoms with Gasteiger partial charge in [0, 0.05) is 31.9 Å². The molecule has 2 aromatic rings. The van der Waals surface area contributed by atoms with Crippen LogP contribution in [0.2, 0.25) is 0 Å². The second kappa shape index (κ2) is 6.68. The summed E-state index contributed by atoms with van der Waals surface area (Å²) < 4.78 is 0. The maximum atomic E-state index is 4.74. The molecule has 0 bridgehead atoms. The molecule has 1 N–H and O–H groups in total. The Labute approximate surface area is 126 Å². The highest BCUT2D eigenvalue weighted by Crippen LogP contribution is 2.19. The van der Waals surface area contributed by atoms with E-state index in [0.29, 0.717) is 6.04 Å². The molecule has 0 amide bonds. The summed E-state index contributed by atoms with van der Waals surface area (Å²) in [6.45, 7) is 4.75. The fourth-order valence-corrected chi connectivity index (χ4v) is 2.33. The Hall–Kier alpha value is -1.94. The van der Waals surface area contributed by atoms with Crippen LogP contribution < -0.4 is 10.2 Å². The molecule has 3 rings (SSSR count). The third-order valence-electron chi connectivity index (χ3n) is 3.74. The topological polar surface area (TPSA) is 41.1 Å². The van der Waals surface area contributed by atoms with Crippen molar-refractivity contribution in [2.24, 2.45) is 0 Å². The Morgan fingerprint density at radius 1 is 1.19 bits per heavy atom. The van der Waals surface area contributed by atoms with Gasteiger partial charge in [0.15, 0.2) is 0 Å². The Kier molecular flexibility index (Phi) is 4.46. The molecule has 1 fully saturated rings. The van der Waals surface area contributed by atoms with Gasteiger partial charge in [-0.2, -0.15) is 0 Å². The maximum absolute atomic E-state index is 4.74. The molecule has 0 atom stereocenters. The standard InChI is InChI=1S/C17H22N4/c1-2-21(13-14-6-4-3-5-7-14)17-12-18-10-16(20-17)11-19-15-8-9-15/h3-7,10,12,15,19H,2,8-9,11,13H2,1H3. The van der Waals surface area contributed by atoms with Crippen LogP contribution in [0.5, 0.6) is 0 Å². The number of aromatic nitrogens is 2. The Balaban J connectivity index is 1.68. The highest BCUT2D eigenvalue weighted by molar-refractivity contribution is 5.37. The molecule has 0 radical (unpaired) electrons. The normalized spacial score (nSPS) is 14.1. The van der Waals surface area contributed by atoms with E-state index in [9.17, 15) is 0 Å². The lowest BCUT2D eigenvalue weighted by Gasteiger charge is -2.22. The van der Waals surface area contributed by atoms with E-state index in [1.54, 1.807) is 0 Å². The summed E-state index contributed by atoms with van der Waals surface area (Å²) in [7, 11) is 0. The van der Waals surface area contributed by atoms with E-state index < -0.39 is 0 Å². The van der Waals surface area contributed by atoms with Gasteiger partial charge in [-0.1, -0.05) is 30.3 Å². The van der Waals surface area contributed by atoms with Gasteiger partial charge in [0.05, 0.1) is 11.9 Å². The molecule has 0 aliphatic heterocycles. The zero-order chi connectivity index (χ0) is 14.5. The maximum Gasteiger partial charge on any atom is 0.147 e. The number of hydrogen-bond acceptors (Lipinski definition) is 4. The number of anilines is 1. The first-order valence-corrected chi connectivity index (χ1v) is 7.68. The SMILES string of the molecule is CCN(Cc1ccccc1)c1cncc(CNC2CC2)n1. The van der Waals surface area contributed by atoms with Crippen molar-refractivity contribution in [3.63, 3.8) is 0 Å². The van der Waals surface area contributed by atoms with Crippen LogP contribution in [-0.2, 0) is 13.1 Å². The lowest BCUT2D eigenvalue weighted by molar-refractivity contribution is 0.668. The van der Waals surface area contributed by atoms with Crippen LogP contribution in [-0.4, -0.2) is 22.6 Å². The molecule has 21 heavy (non-hydrogen) atoms. The summed E-state index contributed by atoms with van der Waals surface area (Å²) in [4.78, 5) is 11.3. The van der Waals surface area contributed by atoms with E-state index >= 15 is 0 Å². The largest absolute Gasteiger partial charge is 0.351 e. The van der Waals surface area contributed by atoms with Crippen molar-refractivity contribution in [3.05, 3.63) is 54.0 Å². The van der Waals surface area contributed by atoms with Crippen molar-refractivity contribution in [1.82, 2.24) is 15.3 Å². The van der Waals surface area contributed by atoms with Crippen LogP contribution in [0.25, 0.3) is 0 Å². The van der Waals surface area contributed by atoms with Crippen molar-refractivity contribution in [2.45, 2.75) is 38.9 Å². The van der Waals surface area contributed by atoms with Crippen molar-refractivity contribution >= 4 is 5.82 Å². The first kappa shape index (κ1) is 14.0. The fourth-order valence-electron chi connectivity index (χ4n) is 2.33. The number of benzene rings is 1. The molecule has 1 aromatic heterocycles. The summed E-state index contributed by atoms with van der Waals surface area (Å²) in [5, 5.41) is 3.49. The molecule has 0 unspecified atom stereocenters. The molecule has 0 spiro atoms. The second-order valence-corrected chi connectivity index (χ2v) is 5.52. The van der Waals surface area contributed by atoms with Gasteiger partial charge in [-0.15, -0.1) is 0 Å². The minimum Gasteiger partial charge on any atom is -0.351 e. The summed E-state index contributed by atoms with van der Waals surface area (Å²) in [5.74, 6) is 0.955. The number of nitrogens with one attached hydrogen (secondary N) is 1. The molecule has 4 nitrogen and oxygen atoms in total. The van der Waals surface area contributed by atoms with Crippen molar-refractivity contribution in [2.75, 3.05) is 11.4 Å². The van der Waals surface area contributed by atoms with E-state index in [4.69, 9.17) is 4.98 Å². The van der Waals surface area contributed by atoms with Crippen LogP contribution in [0.1, 0.15) is 31.0 Å². The number of hydrogen-bond donors (Lipinski definition) is 1. The zero-order valence-electron chi connectivity index (χ0n) is 12.5. The summed E-state index contributed by atoms with van der Waals surface area (Å²) in [6, 6.07) is 11.2. The molecule has 1 saturated carbocycles. The quantitative estimate of drug-likeness (QED) is 0.848. The zero-order valence-corrected chi connectivity index (χ0v) is 12.5. The first-order valence-electron chi connectivity index (χ1n) is 7.68. The lowest BCUT2D eigenvalue weighted by atomic mass is 10.2. The highest BCUT2D eigenvalue weighted by Gasteiger charge is 2.20. The molecule has 1 aliphatic carbocycles. The average molecular weight is 282 g/mol. The molecular weight excluding hydrogens is 260 g/mol. The third kappa shape index (κ3) is 4.02. The van der Waals surface area contributed by atoms with Crippen LogP contribution in [0.3, 0.4) is 0 Å². The Bertz CT molecular complexity index is 566. The van der Waals surface area contributed by atoms with E-state index in [-0.39, 0.29) is 0 Å². The van der Waals surface area contributed by atoms with E-state index in [1.165, 1.54) is 18.4 Å². The van der Waals surface area contributed by atoms with Gasteiger partial charge >= 0.3 is 0 Å². The van der Waals surface area contributed by atoms with Crippen LogP contribution in [0.15, 0.2) is 42.7 Å². The molecule has 1 aliphatic rings. The van der Waals surface area contributed by atoms with Crippen LogP contribution in [0.4, 0.5) is 5.82 Å². The first-order chi connectivity index (χ1) is 10.3. The molecular formula is C17H22N4. The summed E-state index contributed by atoms with van der Waals surface area (Å²) in [6.07, 6.45) is 6.30. The lowest BCUT2D eigenvalue weighted by Crippen LogP contribution is -2.24. The average Bonchev–Trinajstić information content (AvgIpc) is 3.36. The molecule has 110 valence electrons. The molecule has 4 heteroatoms. The number of nitrogens with zero attached hydrogens (tertiary/aromatic N) is 3. The van der Waals surface area contributed by atoms with Crippen molar-refractivity contribution in [3.8, 4) is 0 Å². The highest BCUT2D eigenvalue weighted by atomic mass is 15.2. The van der Waals surface area contributed by atoms with Crippen LogP contribution >= 0.6 is 0 Å². The second-order valence-electron chi connectivity index (χ2n) is 5.52. The summed E-state index contributed by atoms with van der Waals surface area (Å²) >= 11 is 0. The molecule has 0 saturated heterocycles. The van der Waals surface area contributed by atoms with E-state index in [0.717, 1.165) is 31.1 Å². The van der Waals surface area contributed by atoms with Gasteiger partial charge in [-0.25, -0.2) is 4.98 Å². The third-order valence-corrected chi connectivity index (χ3v) is 3.74. The minimum atomic E-state index is 0.696. The van der Waals surface area contributed by atoms with Gasteiger partial charge in [-0.3, -0.25) is 4.98 Å². The van der Waals surface area contributed by atoms with Crippen molar-refractivity contribution < 1.29 is 0 Å². The summed E-state index contributed by atoms with van der Waals surface area (Å²) in [5.41, 5.74) is 2.31. The van der Waals surface area contributed by atoms with Crippen molar-refractivity contribution in [1.29, 1.82) is 0 Å². The van der Waals surface area contributed by atoms with Gasteiger partial charge in [0.2, 0.25) is 0 Å². The smallest absolute Gasteiger partial charge is 0.147 e. The monoisotopic (exact) mass is 282 g/mol. The Morgan fingerprint density at radius 3 is 2.71 bits per heavy atom. The predicted molar refractivity (Wildman–Crippen MR) is 85.1 cm³/mol. The predicted octanol–water partition coefficient (Wildman–Crippen LogP) is 2.76. The van der Waals surface area contributed by atoms with Crippen LogP contribution in [0, 0.1) is 0 Å². The van der Waals surface area contributed by atoms with Gasteiger partial charge in [0.25, 0.3) is 0 Å². The molecule has 1 aromatic carbocycles. The van der Waals surface area contributed by atoms with Gasteiger partial charge in [0.1, 0.15) is 5.82 Å². The van der Waals surface area contributed by atoms with Gasteiger partial charge in [-0.05, 0) is 25.3 Å². The minimum absolute atomic E-state index is 0.696. The Morgan fingerprint density at radius 2 is 2.00 bits per heavy atom. The van der Waals surface area contributed by atoms with E-state index in [2.05, 4.69) is 46.4 Å².